The van der Waals surface area contributed by atoms with Crippen molar-refractivity contribution in [3.8, 4) is 11.5 Å². The van der Waals surface area contributed by atoms with Gasteiger partial charge in [-0.3, -0.25) is 4.79 Å². The van der Waals surface area contributed by atoms with Crippen LogP contribution in [0.1, 0.15) is 49.7 Å². The number of H-pyrrole nitrogens is 1. The maximum Gasteiger partial charge on any atom is 0.220 e. The number of para-hydroxylation sites is 2. The number of methoxy groups -OCH3 is 2. The van der Waals surface area contributed by atoms with Gasteiger partial charge < -0.3 is 19.8 Å². The van der Waals surface area contributed by atoms with Crippen molar-refractivity contribution in [1.29, 1.82) is 0 Å². The van der Waals surface area contributed by atoms with Crippen LogP contribution < -0.4 is 14.8 Å². The van der Waals surface area contributed by atoms with Crippen molar-refractivity contribution in [2.24, 2.45) is 0 Å². The van der Waals surface area contributed by atoms with Crippen LogP contribution in [0.3, 0.4) is 0 Å². The Morgan fingerprint density at radius 1 is 1.03 bits per heavy atom. The number of carbonyl (C=O) groups is 1. The number of ether oxygens (including phenoxy) is 2. The van der Waals surface area contributed by atoms with Crippen LogP contribution >= 0.6 is 0 Å². The van der Waals surface area contributed by atoms with Gasteiger partial charge in [-0.1, -0.05) is 50.1 Å². The van der Waals surface area contributed by atoms with E-state index in [4.69, 9.17) is 9.47 Å². The van der Waals surface area contributed by atoms with Gasteiger partial charge in [0.1, 0.15) is 0 Å². The summed E-state index contributed by atoms with van der Waals surface area (Å²) >= 11 is 0. The summed E-state index contributed by atoms with van der Waals surface area (Å²) in [5.74, 6) is 1.41. The first-order valence-electron chi connectivity index (χ1n) is 10.2. The highest BCUT2D eigenvalue weighted by Gasteiger charge is 2.24. The fourth-order valence-electron chi connectivity index (χ4n) is 3.80. The number of unbranched alkanes of at least 4 members (excludes halogenated alkanes) is 2. The first-order valence-corrected chi connectivity index (χ1v) is 10.2. The Hall–Kier alpha value is -2.95. The molecular formula is C24H30N2O3. The fraction of sp³-hybridized carbons (Fsp3) is 0.375. The summed E-state index contributed by atoms with van der Waals surface area (Å²) in [6.45, 7) is 2.64. The summed E-state index contributed by atoms with van der Waals surface area (Å²) in [5, 5.41) is 4.27. The van der Waals surface area contributed by atoms with Gasteiger partial charge in [0, 0.05) is 41.5 Å². The minimum absolute atomic E-state index is 0.0636. The molecule has 1 amide bonds. The molecule has 3 rings (SSSR count). The van der Waals surface area contributed by atoms with Crippen LogP contribution in [-0.4, -0.2) is 31.7 Å². The molecule has 2 N–H and O–H groups in total. The minimum Gasteiger partial charge on any atom is -0.493 e. The first-order chi connectivity index (χ1) is 14.2. The van der Waals surface area contributed by atoms with Crippen molar-refractivity contribution in [3.63, 3.8) is 0 Å². The summed E-state index contributed by atoms with van der Waals surface area (Å²) in [7, 11) is 3.29. The van der Waals surface area contributed by atoms with Crippen LogP contribution in [0, 0.1) is 0 Å². The van der Waals surface area contributed by atoms with E-state index in [1.807, 2.05) is 36.5 Å². The molecule has 1 heterocycles. The summed E-state index contributed by atoms with van der Waals surface area (Å²) in [4.78, 5) is 15.7. The maximum absolute atomic E-state index is 12.4. The van der Waals surface area contributed by atoms with Gasteiger partial charge in [-0.15, -0.1) is 0 Å². The SMILES string of the molecule is CCCCCC(=O)NC[C@@H](c1cccc(OC)c1OC)c1c[nH]c2ccccc12. The fourth-order valence-corrected chi connectivity index (χ4v) is 3.80. The van der Waals surface area contributed by atoms with E-state index in [0.29, 0.717) is 24.5 Å². The summed E-state index contributed by atoms with van der Waals surface area (Å²) in [6.07, 6.45) is 5.68. The van der Waals surface area contributed by atoms with Crippen LogP contribution in [0.5, 0.6) is 11.5 Å². The molecule has 2 aromatic carbocycles. The monoisotopic (exact) mass is 394 g/mol. The van der Waals surface area contributed by atoms with E-state index in [2.05, 4.69) is 29.4 Å². The molecule has 0 radical (unpaired) electrons. The Labute approximate surface area is 172 Å². The van der Waals surface area contributed by atoms with Crippen LogP contribution in [0.4, 0.5) is 0 Å². The number of rotatable bonds is 10. The normalized spacial score (nSPS) is 12.0. The molecule has 0 bridgehead atoms. The zero-order valence-corrected chi connectivity index (χ0v) is 17.5. The van der Waals surface area contributed by atoms with Crippen LogP contribution in [0.25, 0.3) is 10.9 Å². The van der Waals surface area contributed by atoms with E-state index in [0.717, 1.165) is 41.3 Å². The molecule has 1 atom stereocenters. The molecule has 0 spiro atoms. The summed E-state index contributed by atoms with van der Waals surface area (Å²) < 4.78 is 11.2. The van der Waals surface area contributed by atoms with Crippen molar-refractivity contribution in [2.75, 3.05) is 20.8 Å². The Kier molecular flexibility index (Phi) is 7.17. The highest BCUT2D eigenvalue weighted by atomic mass is 16.5. The second-order valence-electron chi connectivity index (χ2n) is 7.19. The van der Waals surface area contributed by atoms with Crippen LogP contribution in [-0.2, 0) is 4.79 Å². The lowest BCUT2D eigenvalue weighted by Crippen LogP contribution is -2.28. The number of aromatic amines is 1. The topological polar surface area (TPSA) is 63.4 Å². The third-order valence-electron chi connectivity index (χ3n) is 5.32. The Bertz CT molecular complexity index is 948. The molecule has 0 saturated carbocycles. The second kappa shape index (κ2) is 10.0. The lowest BCUT2D eigenvalue weighted by molar-refractivity contribution is -0.121. The highest BCUT2D eigenvalue weighted by Crippen LogP contribution is 2.40. The Balaban J connectivity index is 1.96. The quantitative estimate of drug-likeness (QED) is 0.475. The number of hydrogen-bond acceptors (Lipinski definition) is 3. The molecule has 0 aliphatic rings. The van der Waals surface area contributed by atoms with Gasteiger partial charge in [0.15, 0.2) is 11.5 Å². The molecule has 0 saturated heterocycles. The predicted molar refractivity (Wildman–Crippen MR) is 117 cm³/mol. The molecule has 154 valence electrons. The van der Waals surface area contributed by atoms with Gasteiger partial charge in [-0.2, -0.15) is 0 Å². The first kappa shape index (κ1) is 20.8. The largest absolute Gasteiger partial charge is 0.493 e. The molecule has 29 heavy (non-hydrogen) atoms. The Morgan fingerprint density at radius 2 is 1.86 bits per heavy atom. The van der Waals surface area contributed by atoms with E-state index < -0.39 is 0 Å². The standard InChI is InChI=1S/C24H30N2O3/c1-4-5-6-14-23(27)26-16-20(18-11-9-13-22(28-2)24(18)29-3)19-15-25-21-12-8-7-10-17(19)21/h7-13,15,20,25H,4-6,14,16H2,1-3H3,(H,26,27)/t20-/m0/s1. The third kappa shape index (κ3) is 4.73. The molecule has 0 fully saturated rings. The molecule has 0 unspecified atom stereocenters. The van der Waals surface area contributed by atoms with E-state index in [1.165, 1.54) is 0 Å². The van der Waals surface area contributed by atoms with E-state index in [1.54, 1.807) is 14.2 Å². The highest BCUT2D eigenvalue weighted by molar-refractivity contribution is 5.84. The van der Waals surface area contributed by atoms with Gasteiger partial charge in [0.25, 0.3) is 0 Å². The minimum atomic E-state index is -0.0636. The predicted octanol–water partition coefficient (Wildman–Crippen LogP) is 5.01. The number of amides is 1. The number of benzene rings is 2. The van der Waals surface area contributed by atoms with E-state index in [9.17, 15) is 4.79 Å². The average Bonchev–Trinajstić information content (AvgIpc) is 3.18. The smallest absolute Gasteiger partial charge is 0.220 e. The molecule has 0 aliphatic carbocycles. The molecule has 5 heteroatoms. The third-order valence-corrected chi connectivity index (χ3v) is 5.32. The van der Waals surface area contributed by atoms with Crippen LogP contribution in [0.15, 0.2) is 48.7 Å². The van der Waals surface area contributed by atoms with Crippen molar-refractivity contribution in [2.45, 2.75) is 38.5 Å². The van der Waals surface area contributed by atoms with Gasteiger partial charge >= 0.3 is 0 Å². The molecular weight excluding hydrogens is 364 g/mol. The van der Waals surface area contributed by atoms with Gasteiger partial charge in [-0.05, 0) is 24.1 Å². The van der Waals surface area contributed by atoms with Gasteiger partial charge in [0.2, 0.25) is 5.91 Å². The summed E-state index contributed by atoms with van der Waals surface area (Å²) in [5.41, 5.74) is 3.19. The lowest BCUT2D eigenvalue weighted by atomic mass is 9.89. The number of carbonyl (C=O) groups excluding carboxylic acids is 1. The summed E-state index contributed by atoms with van der Waals surface area (Å²) in [6, 6.07) is 14.1. The number of aromatic nitrogens is 1. The molecule has 3 aromatic rings. The van der Waals surface area contributed by atoms with Gasteiger partial charge in [-0.25, -0.2) is 0 Å². The second-order valence-corrected chi connectivity index (χ2v) is 7.19. The zero-order chi connectivity index (χ0) is 20.6. The Morgan fingerprint density at radius 3 is 2.62 bits per heavy atom. The number of fused-ring (bicyclic) bond motifs is 1. The van der Waals surface area contributed by atoms with Crippen LogP contribution in [0.2, 0.25) is 0 Å². The van der Waals surface area contributed by atoms with Crippen molar-refractivity contribution in [1.82, 2.24) is 10.3 Å². The maximum atomic E-state index is 12.4. The number of hydrogen-bond donors (Lipinski definition) is 2. The van der Waals surface area contributed by atoms with E-state index >= 15 is 0 Å². The zero-order valence-electron chi connectivity index (χ0n) is 17.5. The van der Waals surface area contributed by atoms with Crippen molar-refractivity contribution < 1.29 is 14.3 Å². The molecule has 1 aromatic heterocycles. The van der Waals surface area contributed by atoms with E-state index in [-0.39, 0.29) is 11.8 Å². The van der Waals surface area contributed by atoms with Crippen molar-refractivity contribution >= 4 is 16.8 Å². The average molecular weight is 395 g/mol. The number of nitrogens with one attached hydrogen (secondary N) is 2. The molecule has 0 aliphatic heterocycles. The van der Waals surface area contributed by atoms with Crippen molar-refractivity contribution in [3.05, 3.63) is 59.8 Å². The van der Waals surface area contributed by atoms with Gasteiger partial charge in [0.05, 0.1) is 14.2 Å². The lowest BCUT2D eigenvalue weighted by Gasteiger charge is -2.22. The molecule has 5 nitrogen and oxygen atoms in total.